The topological polar surface area (TPSA) is 155 Å². The van der Waals surface area contributed by atoms with Crippen LogP contribution in [0.3, 0.4) is 0 Å². The van der Waals surface area contributed by atoms with Crippen LogP contribution in [-0.2, 0) is 64.1 Å². The monoisotopic (exact) mass is 738 g/mol. The van der Waals surface area contributed by atoms with Crippen LogP contribution in [0.1, 0.15) is 79.1 Å². The predicted octanol–water partition coefficient (Wildman–Crippen LogP) is 3.25. The van der Waals surface area contributed by atoms with E-state index in [1.807, 2.05) is 0 Å². The third-order valence-corrected chi connectivity index (χ3v) is 5.00. The molecule has 0 aliphatic heterocycles. The molecule has 0 fully saturated rings. The predicted molar refractivity (Wildman–Crippen MR) is 175 cm³/mol. The largest absolute Gasteiger partial charge is 0.394 e. The van der Waals surface area contributed by atoms with Gasteiger partial charge < -0.3 is 58.3 Å². The van der Waals surface area contributed by atoms with E-state index in [2.05, 4.69) is 27.7 Å². The Kier molecular flexibility index (Phi) is 76.9. The summed E-state index contributed by atoms with van der Waals surface area (Å²) in [7, 11) is 0. The average molecular weight is 740 g/mol. The molecule has 0 aromatic carbocycles. The summed E-state index contributed by atoms with van der Waals surface area (Å²) in [5.74, 6) is 0. The van der Waals surface area contributed by atoms with Crippen LogP contribution in [0.4, 0.5) is 0 Å². The van der Waals surface area contributed by atoms with E-state index in [0.717, 1.165) is 77.8 Å². The summed E-state index contributed by atoms with van der Waals surface area (Å²) in [6.07, 6.45) is 9.10. The zero-order chi connectivity index (χ0) is 33.5. The Morgan fingerprint density at radius 1 is 0.267 bits per heavy atom. The molecule has 0 unspecified atom stereocenters. The van der Waals surface area contributed by atoms with Crippen molar-refractivity contribution in [1.82, 2.24) is 0 Å². The molecule has 0 bridgehead atoms. The zero-order valence-electron chi connectivity index (χ0n) is 29.4. The maximum atomic E-state index is 8.34. The van der Waals surface area contributed by atoms with Gasteiger partial charge in [0.15, 0.2) is 0 Å². The van der Waals surface area contributed by atoms with E-state index in [9.17, 15) is 0 Å². The van der Waals surface area contributed by atoms with Crippen molar-refractivity contribution in [1.29, 1.82) is 0 Å². The normalized spacial score (nSPS) is 10.1. The minimum Gasteiger partial charge on any atom is -0.394 e. The molecule has 12 nitrogen and oxygen atoms in total. The van der Waals surface area contributed by atoms with E-state index >= 15 is 0 Å². The van der Waals surface area contributed by atoms with Gasteiger partial charge in [-0.1, -0.05) is 53.4 Å². The van der Waals surface area contributed by atoms with E-state index in [1.54, 1.807) is 0 Å². The summed E-state index contributed by atoms with van der Waals surface area (Å²) in [4.78, 5) is 0. The van der Waals surface area contributed by atoms with Gasteiger partial charge in [0.1, 0.15) is 0 Å². The van der Waals surface area contributed by atoms with Crippen molar-refractivity contribution < 1.29 is 84.5 Å². The molecular formula is C32H72O12Zr. The molecule has 4 N–H and O–H groups in total. The molecule has 0 amide bonds. The van der Waals surface area contributed by atoms with E-state index in [1.165, 1.54) is 0 Å². The molecule has 13 heteroatoms. The molecular weight excluding hydrogens is 668 g/mol. The Morgan fingerprint density at radius 2 is 0.422 bits per heavy atom. The Bertz CT molecular complexity index is 312. The molecule has 0 atom stereocenters. The van der Waals surface area contributed by atoms with E-state index < -0.39 is 0 Å². The number of hydrogen-bond donors (Lipinski definition) is 4. The Hall–Kier alpha value is 0.403. The van der Waals surface area contributed by atoms with Crippen LogP contribution < -0.4 is 0 Å². The van der Waals surface area contributed by atoms with Gasteiger partial charge in [0.05, 0.1) is 106 Å². The van der Waals surface area contributed by atoms with Gasteiger partial charge in [0.2, 0.25) is 0 Å². The second-order valence-electron chi connectivity index (χ2n) is 9.21. The molecule has 0 rings (SSSR count). The minimum atomic E-state index is 0. The maximum Gasteiger partial charge on any atom is 0.0701 e. The molecule has 0 aromatic rings. The van der Waals surface area contributed by atoms with Crippen LogP contribution in [0.2, 0.25) is 0 Å². The van der Waals surface area contributed by atoms with Crippen LogP contribution in [-0.4, -0.2) is 153 Å². The van der Waals surface area contributed by atoms with Crippen LogP contribution in [0.15, 0.2) is 0 Å². The molecule has 276 valence electrons. The van der Waals surface area contributed by atoms with Crippen molar-refractivity contribution in [3.63, 3.8) is 0 Å². The zero-order valence-corrected chi connectivity index (χ0v) is 31.8. The summed E-state index contributed by atoms with van der Waals surface area (Å²) in [6.45, 7) is 18.7. The molecule has 45 heavy (non-hydrogen) atoms. The van der Waals surface area contributed by atoms with Gasteiger partial charge in [-0.15, -0.1) is 0 Å². The summed E-state index contributed by atoms with van der Waals surface area (Å²) in [5, 5.41) is 33.4. The quantitative estimate of drug-likeness (QED) is 0.0750. The molecule has 0 aliphatic carbocycles. The third kappa shape index (κ3) is 76.0. The first kappa shape index (κ1) is 54.8. The van der Waals surface area contributed by atoms with E-state index in [-0.39, 0.29) is 52.6 Å². The molecule has 0 aliphatic rings. The summed E-state index contributed by atoms with van der Waals surface area (Å²) < 4.78 is 40.8. The third-order valence-electron chi connectivity index (χ3n) is 5.00. The molecule has 0 heterocycles. The van der Waals surface area contributed by atoms with Crippen molar-refractivity contribution in [3.8, 4) is 0 Å². The fourth-order valence-electron chi connectivity index (χ4n) is 2.53. The Labute approximate surface area is 294 Å². The SMILES string of the molecule is CCCCOCCOCCO.CCCCOCCOCCO.CCCCOCCOCCO.CCCCOCCOCCO.[Zr]. The van der Waals surface area contributed by atoms with Gasteiger partial charge in [0, 0.05) is 52.6 Å². The summed E-state index contributed by atoms with van der Waals surface area (Å²) >= 11 is 0. The van der Waals surface area contributed by atoms with Crippen molar-refractivity contribution in [2.24, 2.45) is 0 Å². The number of rotatable bonds is 32. The maximum absolute atomic E-state index is 8.34. The van der Waals surface area contributed by atoms with Gasteiger partial charge in [0.25, 0.3) is 0 Å². The van der Waals surface area contributed by atoms with Crippen molar-refractivity contribution >= 4 is 0 Å². The molecule has 0 aromatic heterocycles. The standard InChI is InChI=1S/4C8H18O3.Zr/c4*1-2-3-5-10-7-8-11-6-4-9;/h4*9H,2-8H2,1H3;. The molecule has 0 radical (unpaired) electrons. The fraction of sp³-hybridized carbons (Fsp3) is 1.00. The van der Waals surface area contributed by atoms with E-state index in [4.69, 9.17) is 58.3 Å². The number of aliphatic hydroxyl groups is 4. The number of hydrogen-bond acceptors (Lipinski definition) is 12. The summed E-state index contributed by atoms with van der Waals surface area (Å²) in [6, 6.07) is 0. The second-order valence-corrected chi connectivity index (χ2v) is 9.21. The van der Waals surface area contributed by atoms with Gasteiger partial charge in [-0.2, -0.15) is 0 Å². The molecule has 0 saturated heterocycles. The number of ether oxygens (including phenoxy) is 8. The fourth-order valence-corrected chi connectivity index (χ4v) is 2.53. The first-order valence-corrected chi connectivity index (χ1v) is 16.7. The smallest absolute Gasteiger partial charge is 0.0701 e. The minimum absolute atomic E-state index is 0. The van der Waals surface area contributed by atoms with Crippen LogP contribution in [0.5, 0.6) is 0 Å². The number of aliphatic hydroxyl groups excluding tert-OH is 4. The van der Waals surface area contributed by atoms with Crippen LogP contribution in [0.25, 0.3) is 0 Å². The average Bonchev–Trinajstić information content (AvgIpc) is 3.04. The first-order chi connectivity index (χ1) is 21.7. The summed E-state index contributed by atoms with van der Waals surface area (Å²) in [5.41, 5.74) is 0. The van der Waals surface area contributed by atoms with E-state index in [0.29, 0.717) is 79.3 Å². The Balaban J connectivity index is -0.000000157. The van der Waals surface area contributed by atoms with Crippen molar-refractivity contribution in [2.45, 2.75) is 79.1 Å². The van der Waals surface area contributed by atoms with Crippen LogP contribution in [0, 0.1) is 0 Å². The van der Waals surface area contributed by atoms with Crippen molar-refractivity contribution in [3.05, 3.63) is 0 Å². The Morgan fingerprint density at radius 3 is 0.556 bits per heavy atom. The second kappa shape index (κ2) is 63.1. The van der Waals surface area contributed by atoms with Crippen LogP contribution >= 0.6 is 0 Å². The van der Waals surface area contributed by atoms with Gasteiger partial charge in [-0.25, -0.2) is 0 Å². The van der Waals surface area contributed by atoms with Gasteiger partial charge >= 0.3 is 0 Å². The van der Waals surface area contributed by atoms with Crippen molar-refractivity contribution in [2.75, 3.05) is 132 Å². The van der Waals surface area contributed by atoms with Gasteiger partial charge in [-0.05, 0) is 25.7 Å². The number of unbranched alkanes of at least 4 members (excludes halogenated alkanes) is 4. The van der Waals surface area contributed by atoms with Gasteiger partial charge in [-0.3, -0.25) is 0 Å². The first-order valence-electron chi connectivity index (χ1n) is 16.7. The molecule has 0 saturated carbocycles. The molecule has 0 spiro atoms.